The van der Waals surface area contributed by atoms with Gasteiger partial charge in [-0.05, 0) is 37.5 Å². The van der Waals surface area contributed by atoms with E-state index in [0.717, 1.165) is 54.8 Å². The number of likely N-dealkylation sites (tertiary alicyclic amines) is 1. The Morgan fingerprint density at radius 1 is 1.11 bits per heavy atom. The molecule has 0 unspecified atom stereocenters. The van der Waals surface area contributed by atoms with Crippen molar-refractivity contribution in [3.05, 3.63) is 65.6 Å². The van der Waals surface area contributed by atoms with Crippen LogP contribution in [-0.2, 0) is 6.54 Å². The van der Waals surface area contributed by atoms with Gasteiger partial charge in [0.05, 0.1) is 7.11 Å². The number of rotatable bonds is 5. The summed E-state index contributed by atoms with van der Waals surface area (Å²) < 4.78 is 11.0. The van der Waals surface area contributed by atoms with Gasteiger partial charge in [0.15, 0.2) is 5.76 Å². The Hall–Kier alpha value is -2.79. The summed E-state index contributed by atoms with van der Waals surface area (Å²) in [7, 11) is 1.68. The summed E-state index contributed by atoms with van der Waals surface area (Å²) in [5, 5.41) is 5.05. The first-order valence-electron chi connectivity index (χ1n) is 9.78. The van der Waals surface area contributed by atoms with Crippen molar-refractivity contribution in [1.82, 2.24) is 10.2 Å². The third kappa shape index (κ3) is 3.90. The predicted molar refractivity (Wildman–Crippen MR) is 110 cm³/mol. The lowest BCUT2D eigenvalue weighted by atomic mass is 10.0. The zero-order valence-electron chi connectivity index (χ0n) is 16.4. The Morgan fingerprint density at radius 3 is 2.46 bits per heavy atom. The van der Waals surface area contributed by atoms with Gasteiger partial charge in [0.25, 0.3) is 5.91 Å². The molecule has 1 aromatic heterocycles. The fourth-order valence-electron chi connectivity index (χ4n) is 3.90. The minimum absolute atomic E-state index is 0.113. The molecule has 28 heavy (non-hydrogen) atoms. The lowest BCUT2D eigenvalue weighted by Crippen LogP contribution is -2.44. The highest BCUT2D eigenvalue weighted by atomic mass is 16.5. The van der Waals surface area contributed by atoms with Gasteiger partial charge in [0.2, 0.25) is 0 Å². The van der Waals surface area contributed by atoms with Crippen molar-refractivity contribution in [1.29, 1.82) is 0 Å². The van der Waals surface area contributed by atoms with Crippen LogP contribution in [0.3, 0.4) is 0 Å². The van der Waals surface area contributed by atoms with Crippen LogP contribution in [0, 0.1) is 6.92 Å². The summed E-state index contributed by atoms with van der Waals surface area (Å²) in [6.45, 7) is 4.76. The van der Waals surface area contributed by atoms with Gasteiger partial charge in [-0.25, -0.2) is 0 Å². The number of nitrogens with one attached hydrogen (secondary N) is 1. The first kappa shape index (κ1) is 18.6. The molecule has 0 spiro atoms. The number of methoxy groups -OCH3 is 1. The van der Waals surface area contributed by atoms with Crippen molar-refractivity contribution >= 4 is 16.7 Å². The molecule has 0 bridgehead atoms. The molecular formula is C23H26N2O3. The molecule has 1 amide bonds. The van der Waals surface area contributed by atoms with Gasteiger partial charge in [0.1, 0.15) is 11.5 Å². The van der Waals surface area contributed by atoms with Crippen molar-refractivity contribution in [2.75, 3.05) is 20.2 Å². The van der Waals surface area contributed by atoms with Crippen molar-refractivity contribution in [2.45, 2.75) is 32.4 Å². The number of furan rings is 1. The van der Waals surface area contributed by atoms with Gasteiger partial charge >= 0.3 is 0 Å². The molecule has 0 saturated carbocycles. The highest BCUT2D eigenvalue weighted by Gasteiger charge is 2.24. The predicted octanol–water partition coefficient (Wildman–Crippen LogP) is 4.14. The second kappa shape index (κ2) is 8.07. The largest absolute Gasteiger partial charge is 0.497 e. The smallest absolute Gasteiger partial charge is 0.287 e. The van der Waals surface area contributed by atoms with E-state index in [1.165, 1.54) is 5.56 Å². The number of ether oxygens (including phenoxy) is 1. The summed E-state index contributed by atoms with van der Waals surface area (Å²) in [6.07, 6.45) is 1.89. The lowest BCUT2D eigenvalue weighted by molar-refractivity contribution is 0.0882. The Bertz CT molecular complexity index is 954. The number of carbonyl (C=O) groups is 1. The molecule has 3 aromatic rings. The second-order valence-corrected chi connectivity index (χ2v) is 7.40. The maximum atomic E-state index is 12.7. The van der Waals surface area contributed by atoms with Crippen LogP contribution in [-0.4, -0.2) is 37.0 Å². The average Bonchev–Trinajstić information content (AvgIpc) is 3.07. The topological polar surface area (TPSA) is 54.7 Å². The Kier molecular flexibility index (Phi) is 5.35. The Morgan fingerprint density at radius 2 is 1.79 bits per heavy atom. The summed E-state index contributed by atoms with van der Waals surface area (Å²) >= 11 is 0. The molecule has 0 atom stereocenters. The van der Waals surface area contributed by atoms with Crippen LogP contribution < -0.4 is 10.1 Å². The third-order valence-corrected chi connectivity index (χ3v) is 5.50. The zero-order valence-corrected chi connectivity index (χ0v) is 16.4. The van der Waals surface area contributed by atoms with Gasteiger partial charge in [-0.3, -0.25) is 9.69 Å². The number of aryl methyl sites for hydroxylation is 1. The molecule has 0 aliphatic carbocycles. The normalized spacial score (nSPS) is 15.6. The molecule has 0 radical (unpaired) electrons. The number of fused-ring (bicyclic) bond motifs is 1. The van der Waals surface area contributed by atoms with E-state index >= 15 is 0 Å². The van der Waals surface area contributed by atoms with Gasteiger partial charge in [-0.2, -0.15) is 0 Å². The van der Waals surface area contributed by atoms with Crippen LogP contribution in [0.25, 0.3) is 10.8 Å². The first-order valence-corrected chi connectivity index (χ1v) is 9.78. The van der Waals surface area contributed by atoms with Crippen LogP contribution >= 0.6 is 0 Å². The molecule has 1 aliphatic heterocycles. The number of benzene rings is 2. The fraction of sp³-hybridized carbons (Fsp3) is 0.348. The van der Waals surface area contributed by atoms with Crippen LogP contribution in [0.5, 0.6) is 5.75 Å². The number of carbonyl (C=O) groups excluding carboxylic acids is 1. The van der Waals surface area contributed by atoms with E-state index in [-0.39, 0.29) is 11.9 Å². The molecule has 5 nitrogen and oxygen atoms in total. The highest BCUT2D eigenvalue weighted by Crippen LogP contribution is 2.25. The summed E-state index contributed by atoms with van der Waals surface area (Å²) in [5.74, 6) is 1.98. The third-order valence-electron chi connectivity index (χ3n) is 5.50. The summed E-state index contributed by atoms with van der Waals surface area (Å²) in [6, 6.07) is 16.2. The number of piperidine rings is 1. The van der Waals surface area contributed by atoms with Crippen LogP contribution in [0.1, 0.15) is 34.7 Å². The molecule has 1 aliphatic rings. The summed E-state index contributed by atoms with van der Waals surface area (Å²) in [5.41, 5.74) is 1.28. The molecule has 2 aromatic carbocycles. The number of amides is 1. The maximum absolute atomic E-state index is 12.7. The van der Waals surface area contributed by atoms with Crippen molar-refractivity contribution in [2.24, 2.45) is 0 Å². The standard InChI is InChI=1S/C23H26N2O3/c1-16-20-5-3-4-6-21(20)22(28-16)23(26)24-18-11-13-25(14-12-18)15-17-7-9-19(27-2)10-8-17/h3-10,18H,11-15H2,1-2H3,(H,24,26). The minimum Gasteiger partial charge on any atom is -0.497 e. The monoisotopic (exact) mass is 378 g/mol. The highest BCUT2D eigenvalue weighted by molar-refractivity contribution is 6.05. The van der Waals surface area contributed by atoms with Gasteiger partial charge in [-0.1, -0.05) is 36.4 Å². The maximum Gasteiger partial charge on any atom is 0.287 e. The van der Waals surface area contributed by atoms with E-state index in [1.54, 1.807) is 7.11 Å². The molecular weight excluding hydrogens is 352 g/mol. The van der Waals surface area contributed by atoms with Gasteiger partial charge in [0, 0.05) is 36.4 Å². The fourth-order valence-corrected chi connectivity index (χ4v) is 3.90. The number of nitrogens with zero attached hydrogens (tertiary/aromatic N) is 1. The molecule has 1 fully saturated rings. The molecule has 1 N–H and O–H groups in total. The second-order valence-electron chi connectivity index (χ2n) is 7.40. The molecule has 5 heteroatoms. The SMILES string of the molecule is COc1ccc(CN2CCC(NC(=O)c3oc(C)c4ccccc34)CC2)cc1. The van der Waals surface area contributed by atoms with Crippen molar-refractivity contribution in [3.8, 4) is 5.75 Å². The van der Waals surface area contributed by atoms with Crippen LogP contribution in [0.4, 0.5) is 0 Å². The average molecular weight is 378 g/mol. The summed E-state index contributed by atoms with van der Waals surface area (Å²) in [4.78, 5) is 15.2. The van der Waals surface area contributed by atoms with E-state index in [2.05, 4.69) is 22.3 Å². The molecule has 1 saturated heterocycles. The van der Waals surface area contributed by atoms with Gasteiger partial charge in [-0.15, -0.1) is 0 Å². The Balaban J connectivity index is 1.33. The van der Waals surface area contributed by atoms with Crippen LogP contribution in [0.2, 0.25) is 0 Å². The van der Waals surface area contributed by atoms with E-state index in [1.807, 2.05) is 43.3 Å². The first-order chi connectivity index (χ1) is 13.6. The van der Waals surface area contributed by atoms with Gasteiger partial charge < -0.3 is 14.5 Å². The molecule has 2 heterocycles. The number of hydrogen-bond acceptors (Lipinski definition) is 4. The van der Waals surface area contributed by atoms with E-state index in [4.69, 9.17) is 9.15 Å². The quantitative estimate of drug-likeness (QED) is 0.725. The lowest BCUT2D eigenvalue weighted by Gasteiger charge is -2.32. The Labute approximate surface area is 165 Å². The minimum atomic E-state index is -0.113. The molecule has 4 rings (SSSR count). The number of hydrogen-bond donors (Lipinski definition) is 1. The van der Waals surface area contributed by atoms with Crippen molar-refractivity contribution < 1.29 is 13.9 Å². The van der Waals surface area contributed by atoms with Crippen LogP contribution in [0.15, 0.2) is 52.9 Å². The van der Waals surface area contributed by atoms with Crippen molar-refractivity contribution in [3.63, 3.8) is 0 Å². The van der Waals surface area contributed by atoms with E-state index in [0.29, 0.717) is 5.76 Å². The van der Waals surface area contributed by atoms with E-state index in [9.17, 15) is 4.79 Å². The zero-order chi connectivity index (χ0) is 19.5. The van der Waals surface area contributed by atoms with E-state index < -0.39 is 0 Å². The molecule has 146 valence electrons.